The van der Waals surface area contributed by atoms with Gasteiger partial charge in [0.25, 0.3) is 5.91 Å². The lowest BCUT2D eigenvalue weighted by atomic mass is 10.2. The summed E-state index contributed by atoms with van der Waals surface area (Å²) in [6.45, 7) is 4.46. The van der Waals surface area contributed by atoms with Crippen molar-refractivity contribution < 1.29 is 9.59 Å². The van der Waals surface area contributed by atoms with Crippen LogP contribution in [0.25, 0.3) is 11.3 Å². The number of hydrogen-bond acceptors (Lipinski definition) is 7. The summed E-state index contributed by atoms with van der Waals surface area (Å²) in [4.78, 5) is 29.5. The van der Waals surface area contributed by atoms with Gasteiger partial charge in [0.2, 0.25) is 5.91 Å². The number of carbonyl (C=O) groups excluding carboxylic acids is 2. The number of nitrogens with one attached hydrogen (secondary N) is 2. The Morgan fingerprint density at radius 1 is 1.06 bits per heavy atom. The average molecular weight is 493 g/mol. The number of hydrogen-bond donors (Lipinski definition) is 2. The average Bonchev–Trinajstić information content (AvgIpc) is 3.50. The molecule has 2 aromatic carbocycles. The van der Waals surface area contributed by atoms with Gasteiger partial charge in [-0.2, -0.15) is 0 Å². The molecular formula is C24H24N6O2S2. The third-order valence-electron chi connectivity index (χ3n) is 4.99. The predicted molar refractivity (Wildman–Crippen MR) is 135 cm³/mol. The van der Waals surface area contributed by atoms with Gasteiger partial charge in [-0.3, -0.25) is 9.59 Å². The van der Waals surface area contributed by atoms with Crippen molar-refractivity contribution in [3.8, 4) is 11.3 Å². The first-order valence-electron chi connectivity index (χ1n) is 10.8. The summed E-state index contributed by atoms with van der Waals surface area (Å²) in [6.07, 6.45) is 0. The van der Waals surface area contributed by atoms with Gasteiger partial charge in [-0.05, 0) is 26.0 Å². The Bertz CT molecular complexity index is 1260. The Hall–Kier alpha value is -3.50. The van der Waals surface area contributed by atoms with Crippen LogP contribution in [0.1, 0.15) is 36.1 Å². The minimum absolute atomic E-state index is 0.170. The second-order valence-corrected chi connectivity index (χ2v) is 9.19. The maximum atomic E-state index is 12.5. The van der Waals surface area contributed by atoms with Crippen molar-refractivity contribution in [1.82, 2.24) is 25.1 Å². The van der Waals surface area contributed by atoms with Crippen LogP contribution in [0, 0.1) is 0 Å². The minimum Gasteiger partial charge on any atom is -0.342 e. The standard InChI is InChI=1S/C24H24N6O2S2/c1-3-30-21(16(2)25-22(32)18-12-8-5-9-13-18)28-29-24(30)34-15-20(31)27-23-26-19(14-33-23)17-10-6-4-7-11-17/h4-14,16H,3,15H2,1-2H3,(H,25,32)(H,26,27,31)/t16-/m0/s1. The Kier molecular flexibility index (Phi) is 7.71. The van der Waals surface area contributed by atoms with Crippen molar-refractivity contribution in [2.75, 3.05) is 11.1 Å². The topological polar surface area (TPSA) is 102 Å². The summed E-state index contributed by atoms with van der Waals surface area (Å²) in [7, 11) is 0. The highest BCUT2D eigenvalue weighted by molar-refractivity contribution is 7.99. The minimum atomic E-state index is -0.338. The molecule has 0 aliphatic carbocycles. The number of aromatic nitrogens is 4. The van der Waals surface area contributed by atoms with Gasteiger partial charge in [-0.1, -0.05) is 60.3 Å². The van der Waals surface area contributed by atoms with Gasteiger partial charge in [-0.25, -0.2) is 4.98 Å². The molecule has 8 nitrogen and oxygen atoms in total. The van der Waals surface area contributed by atoms with E-state index in [2.05, 4.69) is 25.8 Å². The summed E-state index contributed by atoms with van der Waals surface area (Å²) in [5.41, 5.74) is 2.42. The highest BCUT2D eigenvalue weighted by Crippen LogP contribution is 2.25. The van der Waals surface area contributed by atoms with Crippen LogP contribution in [0.2, 0.25) is 0 Å². The molecule has 0 saturated heterocycles. The van der Waals surface area contributed by atoms with Crippen LogP contribution in [-0.2, 0) is 11.3 Å². The normalized spacial score (nSPS) is 11.7. The van der Waals surface area contributed by atoms with Gasteiger partial charge in [-0.15, -0.1) is 21.5 Å². The van der Waals surface area contributed by atoms with Crippen molar-refractivity contribution in [3.63, 3.8) is 0 Å². The Labute approximate surface area is 205 Å². The second kappa shape index (κ2) is 11.1. The number of rotatable bonds is 9. The van der Waals surface area contributed by atoms with E-state index in [4.69, 9.17) is 0 Å². The smallest absolute Gasteiger partial charge is 0.251 e. The molecule has 10 heteroatoms. The number of amides is 2. The summed E-state index contributed by atoms with van der Waals surface area (Å²) in [6, 6.07) is 18.5. The van der Waals surface area contributed by atoms with E-state index >= 15 is 0 Å². The maximum Gasteiger partial charge on any atom is 0.251 e. The predicted octanol–water partition coefficient (Wildman–Crippen LogP) is 4.64. The zero-order chi connectivity index (χ0) is 23.9. The molecule has 174 valence electrons. The van der Waals surface area contributed by atoms with E-state index < -0.39 is 0 Å². The molecule has 2 N–H and O–H groups in total. The third kappa shape index (κ3) is 5.70. The molecule has 0 fully saturated rings. The molecule has 0 saturated carbocycles. The quantitative estimate of drug-likeness (QED) is 0.330. The zero-order valence-electron chi connectivity index (χ0n) is 18.8. The highest BCUT2D eigenvalue weighted by atomic mass is 32.2. The van der Waals surface area contributed by atoms with Crippen molar-refractivity contribution in [2.24, 2.45) is 0 Å². The van der Waals surface area contributed by atoms with Crippen LogP contribution in [0.15, 0.2) is 71.2 Å². The molecule has 4 rings (SSSR count). The van der Waals surface area contributed by atoms with E-state index in [0.29, 0.717) is 28.2 Å². The van der Waals surface area contributed by atoms with Crippen molar-refractivity contribution in [2.45, 2.75) is 31.6 Å². The first kappa shape index (κ1) is 23.7. The molecular weight excluding hydrogens is 468 g/mol. The lowest BCUT2D eigenvalue weighted by molar-refractivity contribution is -0.113. The molecule has 0 aliphatic heterocycles. The van der Waals surface area contributed by atoms with Crippen LogP contribution >= 0.6 is 23.1 Å². The van der Waals surface area contributed by atoms with Crippen LogP contribution < -0.4 is 10.6 Å². The van der Waals surface area contributed by atoms with E-state index in [0.717, 1.165) is 11.3 Å². The van der Waals surface area contributed by atoms with Crippen molar-refractivity contribution >= 4 is 40.0 Å². The van der Waals surface area contributed by atoms with E-state index in [1.54, 1.807) is 12.1 Å². The number of nitrogens with zero attached hydrogens (tertiary/aromatic N) is 4. The number of benzene rings is 2. The van der Waals surface area contributed by atoms with Gasteiger partial charge >= 0.3 is 0 Å². The van der Waals surface area contributed by atoms with Gasteiger partial charge in [0.15, 0.2) is 16.1 Å². The lowest BCUT2D eigenvalue weighted by Crippen LogP contribution is -2.28. The second-order valence-electron chi connectivity index (χ2n) is 7.39. The van der Waals surface area contributed by atoms with Gasteiger partial charge in [0.05, 0.1) is 17.5 Å². The molecule has 0 bridgehead atoms. The fraction of sp³-hybridized carbons (Fsp3) is 0.208. The summed E-state index contributed by atoms with van der Waals surface area (Å²) < 4.78 is 1.91. The number of thiazole rings is 1. The lowest BCUT2D eigenvalue weighted by Gasteiger charge is -2.15. The Morgan fingerprint density at radius 3 is 2.47 bits per heavy atom. The Morgan fingerprint density at radius 2 is 1.76 bits per heavy atom. The number of anilines is 1. The molecule has 0 radical (unpaired) electrons. The number of thioether (sulfide) groups is 1. The van der Waals surface area contributed by atoms with Crippen LogP contribution in [0.5, 0.6) is 0 Å². The van der Waals surface area contributed by atoms with Gasteiger partial charge in [0.1, 0.15) is 0 Å². The number of carbonyl (C=O) groups is 2. The van der Waals surface area contributed by atoms with E-state index in [1.807, 2.05) is 72.3 Å². The molecule has 2 aromatic heterocycles. The zero-order valence-corrected chi connectivity index (χ0v) is 20.4. The largest absolute Gasteiger partial charge is 0.342 e. The van der Waals surface area contributed by atoms with E-state index in [9.17, 15) is 9.59 Å². The molecule has 0 unspecified atom stereocenters. The molecule has 0 aliphatic rings. The molecule has 4 aromatic rings. The van der Waals surface area contributed by atoms with E-state index in [-0.39, 0.29) is 23.6 Å². The molecule has 2 amide bonds. The first-order chi connectivity index (χ1) is 16.5. The van der Waals surface area contributed by atoms with E-state index in [1.165, 1.54) is 23.1 Å². The fourth-order valence-corrected chi connectivity index (χ4v) is 4.86. The highest BCUT2D eigenvalue weighted by Gasteiger charge is 2.20. The van der Waals surface area contributed by atoms with Crippen LogP contribution in [0.4, 0.5) is 5.13 Å². The van der Waals surface area contributed by atoms with Crippen LogP contribution in [-0.4, -0.2) is 37.3 Å². The van der Waals surface area contributed by atoms with Gasteiger partial charge < -0.3 is 15.2 Å². The van der Waals surface area contributed by atoms with Crippen LogP contribution in [0.3, 0.4) is 0 Å². The fourth-order valence-electron chi connectivity index (χ4n) is 3.32. The SMILES string of the molecule is CCn1c(SCC(=O)Nc2nc(-c3ccccc3)cs2)nnc1[C@H](C)NC(=O)c1ccccc1. The molecule has 1 atom stereocenters. The molecule has 2 heterocycles. The summed E-state index contributed by atoms with van der Waals surface area (Å²) >= 11 is 2.69. The van der Waals surface area contributed by atoms with Crippen molar-refractivity contribution in [3.05, 3.63) is 77.4 Å². The maximum absolute atomic E-state index is 12.5. The van der Waals surface area contributed by atoms with Crippen molar-refractivity contribution in [1.29, 1.82) is 0 Å². The molecule has 34 heavy (non-hydrogen) atoms. The first-order valence-corrected chi connectivity index (χ1v) is 12.6. The summed E-state index contributed by atoms with van der Waals surface area (Å²) in [5.74, 6) is 0.465. The molecule has 0 spiro atoms. The third-order valence-corrected chi connectivity index (χ3v) is 6.71. The van der Waals surface area contributed by atoms with Gasteiger partial charge in [0, 0.05) is 23.1 Å². The Balaban J connectivity index is 1.35. The monoisotopic (exact) mass is 492 g/mol. The summed E-state index contributed by atoms with van der Waals surface area (Å²) in [5, 5.41) is 17.4.